The van der Waals surface area contributed by atoms with Gasteiger partial charge in [-0.1, -0.05) is 12.1 Å². The molecular weight excluding hydrogens is 482 g/mol. The minimum Gasteiger partial charge on any atom is -0.481 e. The lowest BCUT2D eigenvalue weighted by Gasteiger charge is -2.28. The van der Waals surface area contributed by atoms with E-state index in [1.54, 1.807) is 11.0 Å². The Morgan fingerprint density at radius 3 is 2.46 bits per heavy atom. The van der Waals surface area contributed by atoms with Crippen molar-refractivity contribution in [2.75, 3.05) is 31.6 Å². The molecule has 0 radical (unpaired) electrons. The number of aromatic nitrogens is 2. The number of methoxy groups -OCH3 is 1. The van der Waals surface area contributed by atoms with Crippen molar-refractivity contribution >= 4 is 29.0 Å². The number of ether oxygens (including phenoxy) is 1. The average molecular weight is 515 g/mol. The van der Waals surface area contributed by atoms with E-state index in [9.17, 15) is 13.6 Å². The fourth-order valence-corrected chi connectivity index (χ4v) is 4.99. The van der Waals surface area contributed by atoms with Crippen molar-refractivity contribution in [1.29, 1.82) is 0 Å². The molecule has 1 fully saturated rings. The molecule has 0 saturated carbocycles. The van der Waals surface area contributed by atoms with Crippen LogP contribution in [0.3, 0.4) is 0 Å². The summed E-state index contributed by atoms with van der Waals surface area (Å²) in [7, 11) is 1.40. The van der Waals surface area contributed by atoms with Crippen molar-refractivity contribution in [2.24, 2.45) is 0 Å². The first-order valence-electron chi connectivity index (χ1n) is 12.5. The lowest BCUT2D eigenvalue weighted by Crippen LogP contribution is -2.35. The molecule has 1 N–H and O–H groups in total. The number of carboxylic acid groups (broad SMARTS) is 1. The number of benzene rings is 2. The second-order valence-electron chi connectivity index (χ2n) is 9.34. The van der Waals surface area contributed by atoms with E-state index in [4.69, 9.17) is 19.6 Å². The third-order valence-electron chi connectivity index (χ3n) is 6.78. The van der Waals surface area contributed by atoms with Gasteiger partial charge >= 0.3 is 6.09 Å². The summed E-state index contributed by atoms with van der Waals surface area (Å²) in [5, 5.41) is 7.42. The Bertz CT molecular complexity index is 1280. The molecule has 0 unspecified atom stereocenters. The molecule has 0 aliphatic carbocycles. The van der Waals surface area contributed by atoms with Crippen LogP contribution in [-0.2, 0) is 35.5 Å². The van der Waals surface area contributed by atoms with E-state index < -0.39 is 17.6 Å². The van der Waals surface area contributed by atoms with E-state index in [1.807, 2.05) is 0 Å². The Hall–Kier alpha value is -3.69. The quantitative estimate of drug-likeness (QED) is 0.540. The number of amides is 1. The van der Waals surface area contributed by atoms with Crippen molar-refractivity contribution in [3.05, 3.63) is 58.7 Å². The van der Waals surface area contributed by atoms with Crippen molar-refractivity contribution in [3.63, 3.8) is 0 Å². The summed E-state index contributed by atoms with van der Waals surface area (Å²) in [6.45, 7) is 4.68. The highest BCUT2D eigenvalue weighted by Crippen LogP contribution is 2.32. The topological polar surface area (TPSA) is 87.9 Å². The minimum atomic E-state index is -0.833. The number of carboxylic acids is 1. The molecule has 2 aliphatic heterocycles. The van der Waals surface area contributed by atoms with Crippen LogP contribution in [0.4, 0.5) is 19.5 Å². The first kappa shape index (κ1) is 26.4. The first-order valence-corrected chi connectivity index (χ1v) is 12.5. The number of imidazole rings is 1. The van der Waals surface area contributed by atoms with Crippen LogP contribution in [-0.4, -0.2) is 58.4 Å². The number of rotatable bonds is 4. The fourth-order valence-electron chi connectivity index (χ4n) is 4.99. The minimum absolute atomic E-state index is 0.327. The van der Waals surface area contributed by atoms with E-state index in [-0.39, 0.29) is 6.09 Å². The summed E-state index contributed by atoms with van der Waals surface area (Å²) in [6, 6.07) is 8.31. The van der Waals surface area contributed by atoms with Crippen molar-refractivity contribution in [2.45, 2.75) is 52.1 Å². The number of fused-ring (bicyclic) bond motifs is 3. The Labute approximate surface area is 214 Å². The molecule has 37 heavy (non-hydrogen) atoms. The predicted molar refractivity (Wildman–Crippen MR) is 136 cm³/mol. The van der Waals surface area contributed by atoms with E-state index in [0.717, 1.165) is 67.4 Å². The van der Waals surface area contributed by atoms with Crippen LogP contribution in [0.2, 0.25) is 0 Å². The van der Waals surface area contributed by atoms with Crippen LogP contribution in [0, 0.1) is 11.6 Å². The molecule has 2 aliphatic rings. The van der Waals surface area contributed by atoms with Crippen molar-refractivity contribution in [3.8, 4) is 0 Å². The summed E-state index contributed by atoms with van der Waals surface area (Å²) in [6.07, 6.45) is 4.47. The van der Waals surface area contributed by atoms with Gasteiger partial charge in [-0.15, -0.1) is 0 Å². The smallest absolute Gasteiger partial charge is 0.409 e. The number of anilines is 1. The molecule has 1 amide bonds. The maximum atomic E-state index is 13.7. The van der Waals surface area contributed by atoms with Gasteiger partial charge in [-0.25, -0.2) is 18.6 Å². The van der Waals surface area contributed by atoms with Gasteiger partial charge in [-0.3, -0.25) is 4.79 Å². The van der Waals surface area contributed by atoms with Crippen LogP contribution >= 0.6 is 0 Å². The number of hydrogen-bond donors (Lipinski definition) is 1. The summed E-state index contributed by atoms with van der Waals surface area (Å²) in [4.78, 5) is 30.3. The zero-order valence-corrected chi connectivity index (χ0v) is 21.2. The molecule has 3 heterocycles. The maximum absolute atomic E-state index is 13.7. The molecule has 198 valence electrons. The van der Waals surface area contributed by atoms with E-state index in [2.05, 4.69) is 21.6 Å². The second kappa shape index (κ2) is 11.6. The normalized spacial score (nSPS) is 15.1. The van der Waals surface area contributed by atoms with Gasteiger partial charge in [-0.2, -0.15) is 0 Å². The van der Waals surface area contributed by atoms with Crippen LogP contribution in [0.1, 0.15) is 42.9 Å². The van der Waals surface area contributed by atoms with E-state index in [0.29, 0.717) is 26.1 Å². The maximum Gasteiger partial charge on any atom is 0.409 e. The van der Waals surface area contributed by atoms with Gasteiger partial charge in [0.2, 0.25) is 5.95 Å². The Kier molecular flexibility index (Phi) is 8.25. The Morgan fingerprint density at radius 1 is 1.05 bits per heavy atom. The number of aliphatic carboxylic acids is 1. The second-order valence-corrected chi connectivity index (χ2v) is 9.34. The number of halogens is 2. The van der Waals surface area contributed by atoms with Crippen LogP contribution in [0.25, 0.3) is 11.0 Å². The largest absolute Gasteiger partial charge is 0.481 e. The lowest BCUT2D eigenvalue weighted by atomic mass is 9.98. The zero-order chi connectivity index (χ0) is 26.5. The molecule has 10 heteroatoms. The van der Waals surface area contributed by atoms with Crippen LogP contribution in [0.5, 0.6) is 0 Å². The number of aryl methyl sites for hydroxylation is 2. The lowest BCUT2D eigenvalue weighted by molar-refractivity contribution is -0.134. The van der Waals surface area contributed by atoms with Gasteiger partial charge in [-0.05, 0) is 61.4 Å². The van der Waals surface area contributed by atoms with E-state index in [1.165, 1.54) is 31.2 Å². The molecular formula is C27H32F2N4O4. The summed E-state index contributed by atoms with van der Waals surface area (Å²) in [5.41, 5.74) is 4.93. The monoisotopic (exact) mass is 514 g/mol. The number of piperidine rings is 1. The SMILES string of the molecule is CC(=O)O.COC(=O)N1CCc2ccc3c(nc(N4CCCCC4)n3CCc3ccc(F)c(F)c3)c2C1. The zero-order valence-electron chi connectivity index (χ0n) is 21.2. The highest BCUT2D eigenvalue weighted by molar-refractivity contribution is 5.84. The summed E-state index contributed by atoms with van der Waals surface area (Å²) in [5.74, 6) is -1.57. The standard InChI is InChI=1S/C25H28F2N4O2.C2H4O2/c1-33-25(32)30-13-10-18-6-8-22-23(19(18)16-30)28-24(29-11-3-2-4-12-29)31(22)14-9-17-5-7-20(26)21(27)15-17;1-2(3)4/h5-8,15H,2-4,9-14,16H2,1H3;1H3,(H,3,4). The average Bonchev–Trinajstić information content (AvgIpc) is 3.28. The van der Waals surface area contributed by atoms with Crippen LogP contribution < -0.4 is 4.90 Å². The Morgan fingerprint density at radius 2 is 1.78 bits per heavy atom. The predicted octanol–water partition coefficient (Wildman–Crippen LogP) is 4.76. The number of carbonyl (C=O) groups is 2. The van der Waals surface area contributed by atoms with Gasteiger partial charge in [0.25, 0.3) is 5.97 Å². The third kappa shape index (κ3) is 6.00. The fraction of sp³-hybridized carbons (Fsp3) is 0.444. The van der Waals surface area contributed by atoms with Crippen molar-refractivity contribution < 1.29 is 28.2 Å². The molecule has 0 bridgehead atoms. The molecule has 8 nitrogen and oxygen atoms in total. The number of carbonyl (C=O) groups excluding carboxylic acids is 1. The molecule has 3 aromatic rings. The van der Waals surface area contributed by atoms with Gasteiger partial charge in [0.05, 0.1) is 24.7 Å². The molecule has 1 saturated heterocycles. The van der Waals surface area contributed by atoms with Gasteiger partial charge in [0.1, 0.15) is 0 Å². The first-order chi connectivity index (χ1) is 17.8. The highest BCUT2D eigenvalue weighted by Gasteiger charge is 2.27. The molecule has 2 aromatic carbocycles. The summed E-state index contributed by atoms with van der Waals surface area (Å²) >= 11 is 0. The van der Waals surface area contributed by atoms with Crippen LogP contribution in [0.15, 0.2) is 30.3 Å². The third-order valence-corrected chi connectivity index (χ3v) is 6.78. The Balaban J connectivity index is 0.000000747. The molecule has 5 rings (SSSR count). The van der Waals surface area contributed by atoms with Gasteiger partial charge < -0.3 is 24.2 Å². The molecule has 0 atom stereocenters. The molecule has 1 aromatic heterocycles. The number of nitrogens with zero attached hydrogens (tertiary/aromatic N) is 4. The van der Waals surface area contributed by atoms with E-state index >= 15 is 0 Å². The molecule has 0 spiro atoms. The number of hydrogen-bond acceptors (Lipinski definition) is 5. The summed E-state index contributed by atoms with van der Waals surface area (Å²) < 4.78 is 34.2. The van der Waals surface area contributed by atoms with Gasteiger partial charge in [0, 0.05) is 38.7 Å². The highest BCUT2D eigenvalue weighted by atomic mass is 19.2. The van der Waals surface area contributed by atoms with Crippen molar-refractivity contribution in [1.82, 2.24) is 14.5 Å². The van der Waals surface area contributed by atoms with Gasteiger partial charge in [0.15, 0.2) is 11.6 Å².